The van der Waals surface area contributed by atoms with Crippen LogP contribution >= 0.6 is 11.3 Å². The second-order valence-electron chi connectivity index (χ2n) is 6.16. The Morgan fingerprint density at radius 3 is 2.48 bits per heavy atom. The number of carbonyl (C=O) groups is 1. The number of hydrogen-bond donors (Lipinski definition) is 1. The Morgan fingerprint density at radius 1 is 1.16 bits per heavy atom. The van der Waals surface area contributed by atoms with Crippen molar-refractivity contribution >= 4 is 27.3 Å². The molecule has 3 nitrogen and oxygen atoms in total. The van der Waals surface area contributed by atoms with Crippen molar-refractivity contribution in [3.05, 3.63) is 63.3 Å². The molecule has 1 heterocycles. The molecule has 0 aliphatic carbocycles. The number of nitrogens with one attached hydrogen (secondary N) is 1. The summed E-state index contributed by atoms with van der Waals surface area (Å²) in [6.45, 7) is 6.60. The zero-order chi connectivity index (χ0) is 18.1. The highest BCUT2D eigenvalue weighted by atomic mass is 32.1. The standard InChI is InChI=1S/C20H20FNO2S/c1-11-7-12(2)16(13(3)8-11)10-22-20(23)19-18(24-4)15-9-14(21)5-6-17(15)25-19/h5-9H,10H2,1-4H3,(H,22,23). The molecule has 0 saturated heterocycles. The van der Waals surface area contributed by atoms with Crippen molar-refractivity contribution in [3.8, 4) is 5.75 Å². The lowest BCUT2D eigenvalue weighted by atomic mass is 10.00. The molecule has 0 radical (unpaired) electrons. The molecule has 0 saturated carbocycles. The first kappa shape index (κ1) is 17.4. The molecular weight excluding hydrogens is 337 g/mol. The smallest absolute Gasteiger partial charge is 0.265 e. The molecule has 25 heavy (non-hydrogen) atoms. The third kappa shape index (κ3) is 3.37. The van der Waals surface area contributed by atoms with Crippen LogP contribution in [-0.2, 0) is 6.54 Å². The van der Waals surface area contributed by atoms with Crippen LogP contribution in [-0.4, -0.2) is 13.0 Å². The molecule has 0 bridgehead atoms. The van der Waals surface area contributed by atoms with Crippen molar-refractivity contribution in [2.45, 2.75) is 27.3 Å². The summed E-state index contributed by atoms with van der Waals surface area (Å²) in [5.41, 5.74) is 4.63. The van der Waals surface area contributed by atoms with Gasteiger partial charge in [0.25, 0.3) is 5.91 Å². The van der Waals surface area contributed by atoms with Crippen LogP contribution in [0.3, 0.4) is 0 Å². The zero-order valence-corrected chi connectivity index (χ0v) is 15.5. The Hall–Kier alpha value is -2.40. The van der Waals surface area contributed by atoms with Gasteiger partial charge >= 0.3 is 0 Å². The molecule has 2 aromatic carbocycles. The van der Waals surface area contributed by atoms with Gasteiger partial charge in [-0.15, -0.1) is 11.3 Å². The lowest BCUT2D eigenvalue weighted by Crippen LogP contribution is -2.23. The molecule has 1 aromatic heterocycles. The number of rotatable bonds is 4. The van der Waals surface area contributed by atoms with Crippen molar-refractivity contribution in [2.75, 3.05) is 7.11 Å². The highest BCUT2D eigenvalue weighted by Gasteiger charge is 2.20. The van der Waals surface area contributed by atoms with Crippen LogP contribution in [0.25, 0.3) is 10.1 Å². The number of ether oxygens (including phenoxy) is 1. The second-order valence-corrected chi connectivity index (χ2v) is 7.22. The third-order valence-electron chi connectivity index (χ3n) is 4.28. The van der Waals surface area contributed by atoms with E-state index in [1.807, 2.05) is 13.8 Å². The van der Waals surface area contributed by atoms with Gasteiger partial charge in [0.05, 0.1) is 7.11 Å². The molecule has 3 aromatic rings. The number of halogens is 1. The van der Waals surface area contributed by atoms with E-state index in [9.17, 15) is 9.18 Å². The van der Waals surface area contributed by atoms with Crippen LogP contribution in [0.2, 0.25) is 0 Å². The van der Waals surface area contributed by atoms with E-state index < -0.39 is 0 Å². The molecule has 3 rings (SSSR count). The van der Waals surface area contributed by atoms with Crippen molar-refractivity contribution < 1.29 is 13.9 Å². The van der Waals surface area contributed by atoms with Gasteiger partial charge < -0.3 is 10.1 Å². The highest BCUT2D eigenvalue weighted by molar-refractivity contribution is 7.21. The number of aryl methyl sites for hydroxylation is 3. The Bertz CT molecular complexity index is 939. The van der Waals surface area contributed by atoms with Crippen molar-refractivity contribution in [3.63, 3.8) is 0 Å². The normalized spacial score (nSPS) is 10.9. The van der Waals surface area contributed by atoms with Gasteiger partial charge in [-0.1, -0.05) is 17.7 Å². The van der Waals surface area contributed by atoms with Gasteiger partial charge in [-0.2, -0.15) is 0 Å². The van der Waals surface area contributed by atoms with Crippen molar-refractivity contribution in [2.24, 2.45) is 0 Å². The number of benzene rings is 2. The monoisotopic (exact) mass is 357 g/mol. The van der Waals surface area contributed by atoms with Gasteiger partial charge in [0.2, 0.25) is 0 Å². The maximum absolute atomic E-state index is 13.5. The Kier molecular flexibility index (Phi) is 4.77. The molecule has 0 aliphatic rings. The SMILES string of the molecule is COc1c(C(=O)NCc2c(C)cc(C)cc2C)sc2ccc(F)cc12. The highest BCUT2D eigenvalue weighted by Crippen LogP contribution is 2.38. The van der Waals surface area contributed by atoms with Gasteiger partial charge in [0.15, 0.2) is 0 Å². The van der Waals surface area contributed by atoms with Crippen LogP contribution in [0, 0.1) is 26.6 Å². The first-order valence-electron chi connectivity index (χ1n) is 8.01. The molecule has 0 fully saturated rings. The average molecular weight is 357 g/mol. The molecule has 130 valence electrons. The number of fused-ring (bicyclic) bond motifs is 1. The Morgan fingerprint density at radius 2 is 1.84 bits per heavy atom. The third-order valence-corrected chi connectivity index (χ3v) is 5.43. The number of carbonyl (C=O) groups excluding carboxylic acids is 1. The van der Waals surface area contributed by atoms with E-state index in [2.05, 4.69) is 24.4 Å². The van der Waals surface area contributed by atoms with Crippen molar-refractivity contribution in [1.29, 1.82) is 0 Å². The summed E-state index contributed by atoms with van der Waals surface area (Å²) in [6.07, 6.45) is 0. The van der Waals surface area contributed by atoms with Gasteiger partial charge in [0.1, 0.15) is 16.4 Å². The Balaban J connectivity index is 1.88. The summed E-state index contributed by atoms with van der Waals surface area (Å²) >= 11 is 1.31. The summed E-state index contributed by atoms with van der Waals surface area (Å²) in [5.74, 6) is -0.131. The van der Waals surface area contributed by atoms with Gasteiger partial charge in [-0.05, 0) is 55.7 Å². The largest absolute Gasteiger partial charge is 0.494 e. The van der Waals surface area contributed by atoms with Crippen LogP contribution in [0.4, 0.5) is 4.39 Å². The summed E-state index contributed by atoms with van der Waals surface area (Å²) in [5, 5.41) is 3.59. The topological polar surface area (TPSA) is 38.3 Å². The predicted octanol–water partition coefficient (Wildman–Crippen LogP) is 4.90. The van der Waals surface area contributed by atoms with Crippen LogP contribution in [0.1, 0.15) is 31.9 Å². The number of hydrogen-bond acceptors (Lipinski definition) is 3. The van der Waals surface area contributed by atoms with E-state index in [0.29, 0.717) is 22.6 Å². The molecular formula is C20H20FNO2S. The quantitative estimate of drug-likeness (QED) is 0.721. The summed E-state index contributed by atoms with van der Waals surface area (Å²) in [6, 6.07) is 8.67. The maximum atomic E-state index is 13.5. The molecule has 1 amide bonds. The van der Waals surface area contributed by atoms with E-state index >= 15 is 0 Å². The van der Waals surface area contributed by atoms with Crippen molar-refractivity contribution in [1.82, 2.24) is 5.32 Å². The van der Waals surface area contributed by atoms with E-state index in [0.717, 1.165) is 21.4 Å². The van der Waals surface area contributed by atoms with Gasteiger partial charge in [0, 0.05) is 16.6 Å². The van der Waals surface area contributed by atoms with Gasteiger partial charge in [-0.25, -0.2) is 4.39 Å². The average Bonchev–Trinajstić information content (AvgIpc) is 2.91. The summed E-state index contributed by atoms with van der Waals surface area (Å²) in [4.78, 5) is 13.1. The molecule has 1 N–H and O–H groups in total. The lowest BCUT2D eigenvalue weighted by Gasteiger charge is -2.12. The number of methoxy groups -OCH3 is 1. The minimum absolute atomic E-state index is 0.210. The first-order chi connectivity index (χ1) is 11.9. The van der Waals surface area contributed by atoms with Crippen LogP contribution < -0.4 is 10.1 Å². The molecule has 0 spiro atoms. The molecule has 0 atom stereocenters. The minimum Gasteiger partial charge on any atom is -0.494 e. The van der Waals surface area contributed by atoms with E-state index in [4.69, 9.17) is 4.74 Å². The molecule has 0 aliphatic heterocycles. The Labute approximate surface area is 150 Å². The van der Waals surface area contributed by atoms with Crippen LogP contribution in [0.15, 0.2) is 30.3 Å². The second kappa shape index (κ2) is 6.84. The lowest BCUT2D eigenvalue weighted by molar-refractivity contribution is 0.0952. The molecule has 0 unspecified atom stereocenters. The minimum atomic E-state index is -0.346. The van der Waals surface area contributed by atoms with Gasteiger partial charge in [-0.3, -0.25) is 4.79 Å². The number of amides is 1. The number of thiophene rings is 1. The maximum Gasteiger partial charge on any atom is 0.265 e. The first-order valence-corrected chi connectivity index (χ1v) is 8.83. The van der Waals surface area contributed by atoms with E-state index in [1.54, 1.807) is 6.07 Å². The fourth-order valence-electron chi connectivity index (χ4n) is 3.14. The summed E-state index contributed by atoms with van der Waals surface area (Å²) < 4.78 is 19.7. The van der Waals surface area contributed by atoms with Crippen LogP contribution in [0.5, 0.6) is 5.75 Å². The fraction of sp³-hybridized carbons (Fsp3) is 0.250. The zero-order valence-electron chi connectivity index (χ0n) is 14.7. The van der Waals surface area contributed by atoms with E-state index in [1.165, 1.54) is 36.1 Å². The van der Waals surface area contributed by atoms with E-state index in [-0.39, 0.29) is 11.7 Å². The fourth-order valence-corrected chi connectivity index (χ4v) is 4.21. The summed E-state index contributed by atoms with van der Waals surface area (Å²) in [7, 11) is 1.50. The molecule has 5 heteroatoms. The predicted molar refractivity (Wildman–Crippen MR) is 100 cm³/mol.